The first kappa shape index (κ1) is 11.8. The number of ether oxygens (including phenoxy) is 2. The zero-order chi connectivity index (χ0) is 12.4. The van der Waals surface area contributed by atoms with Crippen molar-refractivity contribution in [2.75, 3.05) is 20.4 Å². The van der Waals surface area contributed by atoms with Crippen LogP contribution in [0.5, 0.6) is 11.5 Å². The van der Waals surface area contributed by atoms with Gasteiger partial charge in [0.2, 0.25) is 12.7 Å². The Balaban J connectivity index is 2.09. The third kappa shape index (κ3) is 2.52. The third-order valence-corrected chi connectivity index (χ3v) is 3.09. The quantitative estimate of drug-likeness (QED) is 0.801. The van der Waals surface area contributed by atoms with E-state index in [2.05, 4.69) is 0 Å². The lowest BCUT2D eigenvalue weighted by molar-refractivity contribution is -0.127. The monoisotopic (exact) mass is 235 g/mol. The van der Waals surface area contributed by atoms with Gasteiger partial charge in [0.15, 0.2) is 11.5 Å². The molecule has 17 heavy (non-hydrogen) atoms. The molecule has 0 unspecified atom stereocenters. The number of fused-ring (bicyclic) bond motifs is 1. The SMILES string of the molecule is CC(=O)N(C)CCc1cc2c(cc1C)OCO2. The Labute approximate surface area is 101 Å². The maximum atomic E-state index is 11.1. The number of carbonyl (C=O) groups excluding carboxylic acids is 1. The van der Waals surface area contributed by atoms with Crippen molar-refractivity contribution in [3.05, 3.63) is 23.3 Å². The standard InChI is InChI=1S/C13H17NO3/c1-9-6-12-13(17-8-16-12)7-11(9)4-5-14(3)10(2)15/h6-7H,4-5,8H2,1-3H3. The van der Waals surface area contributed by atoms with E-state index < -0.39 is 0 Å². The molecule has 0 saturated heterocycles. The first-order valence-corrected chi connectivity index (χ1v) is 5.69. The van der Waals surface area contributed by atoms with Gasteiger partial charge in [0.05, 0.1) is 0 Å². The highest BCUT2D eigenvalue weighted by Crippen LogP contribution is 2.34. The fourth-order valence-electron chi connectivity index (χ4n) is 1.80. The Morgan fingerprint density at radius 1 is 1.35 bits per heavy atom. The number of hydrogen-bond acceptors (Lipinski definition) is 3. The van der Waals surface area contributed by atoms with E-state index in [0.29, 0.717) is 6.79 Å². The van der Waals surface area contributed by atoms with Crippen LogP contribution in [0.2, 0.25) is 0 Å². The number of rotatable bonds is 3. The average molecular weight is 235 g/mol. The molecule has 1 heterocycles. The smallest absolute Gasteiger partial charge is 0.231 e. The molecule has 4 heteroatoms. The van der Waals surface area contributed by atoms with E-state index in [9.17, 15) is 4.79 Å². The number of nitrogens with zero attached hydrogens (tertiary/aromatic N) is 1. The summed E-state index contributed by atoms with van der Waals surface area (Å²) in [5.41, 5.74) is 2.37. The van der Waals surface area contributed by atoms with E-state index in [4.69, 9.17) is 9.47 Å². The highest BCUT2D eigenvalue weighted by molar-refractivity contribution is 5.72. The van der Waals surface area contributed by atoms with Crippen molar-refractivity contribution in [3.63, 3.8) is 0 Å². The minimum absolute atomic E-state index is 0.0865. The molecule has 1 aliphatic heterocycles. The van der Waals surface area contributed by atoms with Crippen LogP contribution in [-0.4, -0.2) is 31.2 Å². The molecule has 2 rings (SSSR count). The third-order valence-electron chi connectivity index (χ3n) is 3.09. The van der Waals surface area contributed by atoms with Crippen molar-refractivity contribution in [2.24, 2.45) is 0 Å². The van der Waals surface area contributed by atoms with Crippen LogP contribution in [0.15, 0.2) is 12.1 Å². The predicted molar refractivity (Wildman–Crippen MR) is 64.3 cm³/mol. The second kappa shape index (κ2) is 4.65. The lowest BCUT2D eigenvalue weighted by Crippen LogP contribution is -2.26. The van der Waals surface area contributed by atoms with Crippen LogP contribution in [0.1, 0.15) is 18.1 Å². The Kier molecular flexibility index (Phi) is 3.22. The van der Waals surface area contributed by atoms with Crippen molar-refractivity contribution in [3.8, 4) is 11.5 Å². The molecule has 0 atom stereocenters. The summed E-state index contributed by atoms with van der Waals surface area (Å²) in [6, 6.07) is 4.00. The van der Waals surface area contributed by atoms with Crippen molar-refractivity contribution in [1.82, 2.24) is 4.90 Å². The number of amides is 1. The average Bonchev–Trinajstić information content (AvgIpc) is 2.72. The molecule has 0 radical (unpaired) electrons. The Hall–Kier alpha value is -1.71. The van der Waals surface area contributed by atoms with Crippen LogP contribution in [0.25, 0.3) is 0 Å². The fraction of sp³-hybridized carbons (Fsp3) is 0.462. The topological polar surface area (TPSA) is 38.8 Å². The van der Waals surface area contributed by atoms with Crippen LogP contribution in [0.3, 0.4) is 0 Å². The van der Waals surface area contributed by atoms with Gasteiger partial charge in [-0.2, -0.15) is 0 Å². The minimum Gasteiger partial charge on any atom is -0.454 e. The van der Waals surface area contributed by atoms with E-state index in [1.165, 1.54) is 11.1 Å². The van der Waals surface area contributed by atoms with Gasteiger partial charge in [-0.25, -0.2) is 0 Å². The number of aryl methyl sites for hydroxylation is 1. The van der Waals surface area contributed by atoms with E-state index in [0.717, 1.165) is 24.5 Å². The Morgan fingerprint density at radius 3 is 2.65 bits per heavy atom. The fourth-order valence-corrected chi connectivity index (χ4v) is 1.80. The summed E-state index contributed by atoms with van der Waals surface area (Å²) >= 11 is 0. The first-order valence-electron chi connectivity index (χ1n) is 5.69. The molecule has 1 aromatic carbocycles. The van der Waals surface area contributed by atoms with Crippen molar-refractivity contribution in [1.29, 1.82) is 0 Å². The summed E-state index contributed by atoms with van der Waals surface area (Å²) < 4.78 is 10.7. The molecule has 0 aromatic heterocycles. The molecular formula is C13H17NO3. The van der Waals surface area contributed by atoms with Crippen molar-refractivity contribution < 1.29 is 14.3 Å². The zero-order valence-electron chi connectivity index (χ0n) is 10.4. The van der Waals surface area contributed by atoms with Gasteiger partial charge in [0.1, 0.15) is 0 Å². The molecule has 1 aliphatic rings. The molecular weight excluding hydrogens is 218 g/mol. The summed E-state index contributed by atoms with van der Waals surface area (Å²) in [5, 5.41) is 0. The van der Waals surface area contributed by atoms with E-state index in [1.54, 1.807) is 11.8 Å². The lowest BCUT2D eigenvalue weighted by atomic mass is 10.0. The van der Waals surface area contributed by atoms with Gasteiger partial charge >= 0.3 is 0 Å². The second-order valence-electron chi connectivity index (χ2n) is 4.32. The van der Waals surface area contributed by atoms with Gasteiger partial charge < -0.3 is 14.4 Å². The highest BCUT2D eigenvalue weighted by Gasteiger charge is 2.15. The normalized spacial score (nSPS) is 12.6. The van der Waals surface area contributed by atoms with Gasteiger partial charge in [0.25, 0.3) is 0 Å². The maximum Gasteiger partial charge on any atom is 0.231 e. The van der Waals surface area contributed by atoms with E-state index in [1.807, 2.05) is 26.1 Å². The molecule has 1 amide bonds. The van der Waals surface area contributed by atoms with Gasteiger partial charge in [0, 0.05) is 20.5 Å². The maximum absolute atomic E-state index is 11.1. The number of benzene rings is 1. The summed E-state index contributed by atoms with van der Waals surface area (Å²) in [6.45, 7) is 4.64. The van der Waals surface area contributed by atoms with Crippen LogP contribution >= 0.6 is 0 Å². The van der Waals surface area contributed by atoms with Gasteiger partial charge in [-0.3, -0.25) is 4.79 Å². The largest absolute Gasteiger partial charge is 0.454 e. The lowest BCUT2D eigenvalue weighted by Gasteiger charge is -2.15. The van der Waals surface area contributed by atoms with Crippen LogP contribution in [0, 0.1) is 6.92 Å². The summed E-state index contributed by atoms with van der Waals surface area (Å²) in [6.07, 6.45) is 0.832. The van der Waals surface area contributed by atoms with Crippen molar-refractivity contribution >= 4 is 5.91 Å². The minimum atomic E-state index is 0.0865. The second-order valence-corrected chi connectivity index (χ2v) is 4.32. The first-order chi connectivity index (χ1) is 8.08. The molecule has 0 fully saturated rings. The highest BCUT2D eigenvalue weighted by atomic mass is 16.7. The summed E-state index contributed by atoms with van der Waals surface area (Å²) in [4.78, 5) is 12.8. The predicted octanol–water partition coefficient (Wildman–Crippen LogP) is 1.74. The van der Waals surface area contributed by atoms with Crippen LogP contribution in [-0.2, 0) is 11.2 Å². The number of carbonyl (C=O) groups is 1. The van der Waals surface area contributed by atoms with E-state index in [-0.39, 0.29) is 5.91 Å². The zero-order valence-corrected chi connectivity index (χ0v) is 10.4. The molecule has 1 aromatic rings. The number of likely N-dealkylation sites (N-methyl/N-ethyl adjacent to an activating group) is 1. The van der Waals surface area contributed by atoms with Crippen LogP contribution < -0.4 is 9.47 Å². The molecule has 4 nitrogen and oxygen atoms in total. The summed E-state index contributed by atoms with van der Waals surface area (Å²) in [5.74, 6) is 1.70. The number of hydrogen-bond donors (Lipinski definition) is 0. The molecule has 0 aliphatic carbocycles. The Morgan fingerprint density at radius 2 is 2.00 bits per heavy atom. The van der Waals surface area contributed by atoms with Crippen molar-refractivity contribution in [2.45, 2.75) is 20.3 Å². The molecule has 0 saturated carbocycles. The van der Waals surface area contributed by atoms with Crippen LogP contribution in [0.4, 0.5) is 0 Å². The van der Waals surface area contributed by atoms with E-state index >= 15 is 0 Å². The van der Waals surface area contributed by atoms with Gasteiger partial charge in [-0.1, -0.05) is 0 Å². The Bertz CT molecular complexity index is 443. The summed E-state index contributed by atoms with van der Waals surface area (Å²) in [7, 11) is 1.81. The molecule has 0 N–H and O–H groups in total. The van der Waals surface area contributed by atoms with Gasteiger partial charge in [-0.05, 0) is 36.6 Å². The molecule has 92 valence electrons. The molecule has 0 spiro atoms. The van der Waals surface area contributed by atoms with Gasteiger partial charge in [-0.15, -0.1) is 0 Å². The molecule has 0 bridgehead atoms.